The number of hydrogen-bond acceptors (Lipinski definition) is 4. The van der Waals surface area contributed by atoms with Crippen LogP contribution in [0.5, 0.6) is 0 Å². The first kappa shape index (κ1) is 24.5. The Kier molecular flexibility index (Phi) is 6.19. The highest BCUT2D eigenvalue weighted by atomic mass is 35.5. The number of halogens is 1. The molecule has 0 spiro atoms. The fraction of sp³-hybridized carbons (Fsp3) is 0.138. The Morgan fingerprint density at radius 2 is 1.73 bits per heavy atom. The number of carbonyl (C=O) groups is 1. The van der Waals surface area contributed by atoms with Gasteiger partial charge in [0.15, 0.2) is 5.60 Å². The summed E-state index contributed by atoms with van der Waals surface area (Å²) in [6, 6.07) is 21.2. The molecular weight excluding hydrogens is 490 g/mol. The molecule has 8 heteroatoms. The highest BCUT2D eigenvalue weighted by Gasteiger charge is 2.37. The zero-order valence-corrected chi connectivity index (χ0v) is 21.0. The second kappa shape index (κ2) is 9.35. The van der Waals surface area contributed by atoms with E-state index in [9.17, 15) is 19.8 Å². The molecule has 0 aliphatic heterocycles. The van der Waals surface area contributed by atoms with Crippen molar-refractivity contribution < 1.29 is 15.0 Å². The van der Waals surface area contributed by atoms with Gasteiger partial charge >= 0.3 is 5.97 Å². The van der Waals surface area contributed by atoms with Crippen LogP contribution in [-0.2, 0) is 30.9 Å². The van der Waals surface area contributed by atoms with Crippen LogP contribution < -0.4 is 5.56 Å². The summed E-state index contributed by atoms with van der Waals surface area (Å²) in [5.74, 6) is -0.933. The van der Waals surface area contributed by atoms with Gasteiger partial charge in [0.05, 0.1) is 30.2 Å². The van der Waals surface area contributed by atoms with Crippen LogP contribution in [0.2, 0.25) is 5.02 Å². The summed E-state index contributed by atoms with van der Waals surface area (Å²) in [5, 5.41) is 22.9. The van der Waals surface area contributed by atoms with E-state index in [0.717, 1.165) is 5.39 Å². The molecule has 186 valence electrons. The Balaban J connectivity index is 1.79. The predicted molar refractivity (Wildman–Crippen MR) is 143 cm³/mol. The Labute approximate surface area is 217 Å². The van der Waals surface area contributed by atoms with Crippen molar-refractivity contribution in [1.29, 1.82) is 0 Å². The van der Waals surface area contributed by atoms with E-state index in [1.165, 1.54) is 6.07 Å². The molecular formula is C29H24ClN3O4. The summed E-state index contributed by atoms with van der Waals surface area (Å²) >= 11 is 6.14. The van der Waals surface area contributed by atoms with E-state index >= 15 is 0 Å². The van der Waals surface area contributed by atoms with Crippen LogP contribution >= 0.6 is 11.6 Å². The van der Waals surface area contributed by atoms with Crippen LogP contribution in [0.3, 0.4) is 0 Å². The van der Waals surface area contributed by atoms with Gasteiger partial charge in [0.2, 0.25) is 0 Å². The number of imidazole rings is 1. The summed E-state index contributed by atoms with van der Waals surface area (Å²) < 4.78 is 3.31. The molecule has 0 saturated heterocycles. The maximum absolute atomic E-state index is 12.9. The first-order valence-corrected chi connectivity index (χ1v) is 12.0. The lowest BCUT2D eigenvalue weighted by Gasteiger charge is -2.30. The van der Waals surface area contributed by atoms with E-state index in [-0.39, 0.29) is 12.0 Å². The molecule has 2 heterocycles. The van der Waals surface area contributed by atoms with Gasteiger partial charge in [-0.1, -0.05) is 54.1 Å². The van der Waals surface area contributed by atoms with Crippen molar-refractivity contribution in [3.05, 3.63) is 123 Å². The molecule has 0 bridgehead atoms. The van der Waals surface area contributed by atoms with Gasteiger partial charge in [-0.25, -0.2) is 4.98 Å². The number of carboxylic acid groups (broad SMARTS) is 1. The third-order valence-electron chi connectivity index (χ3n) is 6.71. The van der Waals surface area contributed by atoms with Gasteiger partial charge in [0, 0.05) is 30.6 Å². The Bertz CT molecular complexity index is 1710. The Morgan fingerprint density at radius 3 is 2.41 bits per heavy atom. The normalized spacial score (nSPS) is 13.0. The molecule has 2 N–H and O–H groups in total. The molecule has 0 aliphatic rings. The number of benzene rings is 3. The lowest BCUT2D eigenvalue weighted by atomic mass is 9.82. The Morgan fingerprint density at radius 1 is 1.00 bits per heavy atom. The minimum absolute atomic E-state index is 0.126. The minimum atomic E-state index is -1.57. The average molecular weight is 514 g/mol. The van der Waals surface area contributed by atoms with Gasteiger partial charge in [0.25, 0.3) is 5.56 Å². The van der Waals surface area contributed by atoms with Crippen LogP contribution in [0.4, 0.5) is 0 Å². The topological polar surface area (TPSA) is 97.3 Å². The van der Waals surface area contributed by atoms with E-state index < -0.39 is 11.6 Å². The van der Waals surface area contributed by atoms with Crippen molar-refractivity contribution >= 4 is 28.5 Å². The molecule has 3 aromatic carbocycles. The maximum Gasteiger partial charge on any atom is 0.307 e. The van der Waals surface area contributed by atoms with E-state index in [1.54, 1.807) is 77.2 Å². The monoisotopic (exact) mass is 513 g/mol. The van der Waals surface area contributed by atoms with Gasteiger partial charge in [-0.15, -0.1) is 0 Å². The largest absolute Gasteiger partial charge is 0.481 e. The second-order valence-corrected chi connectivity index (χ2v) is 9.50. The van der Waals surface area contributed by atoms with E-state index in [1.807, 2.05) is 25.2 Å². The molecule has 0 amide bonds. The fourth-order valence-electron chi connectivity index (χ4n) is 4.81. The van der Waals surface area contributed by atoms with Crippen molar-refractivity contribution in [2.24, 2.45) is 14.1 Å². The van der Waals surface area contributed by atoms with Crippen LogP contribution in [0.15, 0.2) is 90.1 Å². The number of pyridine rings is 1. The molecule has 7 nitrogen and oxygen atoms in total. The highest BCUT2D eigenvalue weighted by molar-refractivity contribution is 6.30. The van der Waals surface area contributed by atoms with Gasteiger partial charge < -0.3 is 19.3 Å². The predicted octanol–water partition coefficient (Wildman–Crippen LogP) is 4.50. The number of rotatable bonds is 6. The van der Waals surface area contributed by atoms with Crippen molar-refractivity contribution in [3.63, 3.8) is 0 Å². The van der Waals surface area contributed by atoms with E-state index in [0.29, 0.717) is 44.1 Å². The standard InChI is InChI=1S/C29H24ClN3O4/c1-32-17-31-16-26(32)29(37,20-6-9-22(30)10-7-20)21-8-11-25-24(14-21)23(15-27(34)33(25)2)19-5-3-4-18(12-19)13-28(35)36/h3-12,14-17,37H,13H2,1-2H3,(H,35,36)/t29-/m1/s1. The quantitative estimate of drug-likeness (QED) is 0.348. The number of aliphatic carboxylic acids is 1. The molecule has 0 unspecified atom stereocenters. The van der Waals surface area contributed by atoms with E-state index in [4.69, 9.17) is 11.6 Å². The molecule has 0 saturated carbocycles. The second-order valence-electron chi connectivity index (χ2n) is 9.07. The van der Waals surface area contributed by atoms with Crippen LogP contribution in [0.1, 0.15) is 22.4 Å². The molecule has 0 aliphatic carbocycles. The first-order valence-electron chi connectivity index (χ1n) is 11.6. The molecule has 0 radical (unpaired) electrons. The molecule has 1 atom stereocenters. The van der Waals surface area contributed by atoms with Crippen LogP contribution in [0, 0.1) is 0 Å². The van der Waals surface area contributed by atoms with Crippen molar-refractivity contribution in [3.8, 4) is 11.1 Å². The van der Waals surface area contributed by atoms with Gasteiger partial charge in [-0.3, -0.25) is 9.59 Å². The Hall–Kier alpha value is -4.20. The lowest BCUT2D eigenvalue weighted by molar-refractivity contribution is -0.136. The zero-order valence-electron chi connectivity index (χ0n) is 20.2. The summed E-state index contributed by atoms with van der Waals surface area (Å²) in [6.45, 7) is 0. The third-order valence-corrected chi connectivity index (χ3v) is 6.96. The van der Waals surface area contributed by atoms with Crippen molar-refractivity contribution in [1.82, 2.24) is 14.1 Å². The van der Waals surface area contributed by atoms with Crippen molar-refractivity contribution in [2.75, 3.05) is 0 Å². The number of aryl methyl sites for hydroxylation is 2. The van der Waals surface area contributed by atoms with Crippen LogP contribution in [0.25, 0.3) is 22.0 Å². The smallest absolute Gasteiger partial charge is 0.307 e. The fourth-order valence-corrected chi connectivity index (χ4v) is 4.93. The molecule has 5 aromatic rings. The van der Waals surface area contributed by atoms with Gasteiger partial charge in [-0.05, 0) is 52.1 Å². The summed E-state index contributed by atoms with van der Waals surface area (Å²) in [4.78, 5) is 28.4. The number of carboxylic acids is 1. The van der Waals surface area contributed by atoms with Gasteiger partial charge in [-0.2, -0.15) is 0 Å². The number of fused-ring (bicyclic) bond motifs is 1. The number of hydrogen-bond donors (Lipinski definition) is 2. The minimum Gasteiger partial charge on any atom is -0.481 e. The lowest BCUT2D eigenvalue weighted by Crippen LogP contribution is -2.31. The molecule has 2 aromatic heterocycles. The molecule has 0 fully saturated rings. The summed E-state index contributed by atoms with van der Waals surface area (Å²) in [6.07, 6.45) is 3.12. The SMILES string of the molecule is Cn1cncc1[C@@](O)(c1ccc(Cl)cc1)c1ccc2c(c1)c(-c1cccc(CC(=O)O)c1)cc(=O)n2C. The van der Waals surface area contributed by atoms with Crippen molar-refractivity contribution in [2.45, 2.75) is 12.0 Å². The van der Waals surface area contributed by atoms with E-state index in [2.05, 4.69) is 4.98 Å². The summed E-state index contributed by atoms with van der Waals surface area (Å²) in [7, 11) is 3.51. The van der Waals surface area contributed by atoms with Gasteiger partial charge in [0.1, 0.15) is 0 Å². The number of aliphatic hydroxyl groups is 1. The average Bonchev–Trinajstić information content (AvgIpc) is 3.32. The highest BCUT2D eigenvalue weighted by Crippen LogP contribution is 2.39. The maximum atomic E-state index is 12.9. The third kappa shape index (κ3) is 4.33. The first-order chi connectivity index (χ1) is 17.7. The molecule has 37 heavy (non-hydrogen) atoms. The van der Waals surface area contributed by atoms with Crippen LogP contribution in [-0.4, -0.2) is 30.3 Å². The summed E-state index contributed by atoms with van der Waals surface area (Å²) in [5.41, 5.74) is 2.65. The molecule has 5 rings (SSSR count). The zero-order chi connectivity index (χ0) is 26.3. The number of nitrogens with zero attached hydrogens (tertiary/aromatic N) is 3. The number of aromatic nitrogens is 3.